The highest BCUT2D eigenvalue weighted by molar-refractivity contribution is 7.98. The number of alkyl halides is 1. The molecule has 1 heterocycles. The number of halogens is 2. The van der Waals surface area contributed by atoms with Gasteiger partial charge in [0.1, 0.15) is 6.67 Å². The third kappa shape index (κ3) is 6.76. The second-order valence-electron chi connectivity index (χ2n) is 3.83. The molecule has 0 spiro atoms. The topological polar surface area (TPSA) is 56.6 Å². The third-order valence-corrected chi connectivity index (χ3v) is 3.61. The molecule has 1 saturated heterocycles. The lowest BCUT2D eigenvalue weighted by Gasteiger charge is -2.17. The summed E-state index contributed by atoms with van der Waals surface area (Å²) in [5, 5.41) is 5.00. The van der Waals surface area contributed by atoms with Gasteiger partial charge in [-0.3, -0.25) is 5.43 Å². The van der Waals surface area contributed by atoms with E-state index in [0.717, 1.165) is 57.4 Å². The fourth-order valence-corrected chi connectivity index (χ4v) is 2.47. The molecule has 0 aromatic heterocycles. The van der Waals surface area contributed by atoms with E-state index < -0.39 is 0 Å². The van der Waals surface area contributed by atoms with Crippen LogP contribution in [0.2, 0.25) is 0 Å². The van der Waals surface area contributed by atoms with Gasteiger partial charge in [-0.15, -0.1) is 4.48 Å². The van der Waals surface area contributed by atoms with E-state index >= 15 is 0 Å². The van der Waals surface area contributed by atoms with Gasteiger partial charge < -0.3 is 11.1 Å². The normalized spacial score (nSPS) is 22.4. The number of hydrogen-bond acceptors (Lipinski definition) is 6. The Kier molecular flexibility index (Phi) is 8.46. The molecule has 0 radical (unpaired) electrons. The molecule has 5 nitrogen and oxygen atoms in total. The van der Waals surface area contributed by atoms with Crippen LogP contribution < -0.4 is 16.5 Å². The largest absolute Gasteiger partial charge is 0.330 e. The number of hydrazine groups is 1. The summed E-state index contributed by atoms with van der Waals surface area (Å²) in [6.07, 6.45) is 3.14. The summed E-state index contributed by atoms with van der Waals surface area (Å²) in [5.74, 6) is 0. The Bertz CT molecular complexity index is 202. The molecule has 1 atom stereocenters. The van der Waals surface area contributed by atoms with E-state index in [1.165, 1.54) is 0 Å². The van der Waals surface area contributed by atoms with Crippen LogP contribution in [0.15, 0.2) is 0 Å². The molecule has 0 bridgehead atoms. The summed E-state index contributed by atoms with van der Waals surface area (Å²) < 4.78 is 13.4. The van der Waals surface area contributed by atoms with Crippen molar-refractivity contribution in [3.63, 3.8) is 0 Å². The fourth-order valence-electron chi connectivity index (χ4n) is 1.44. The number of hydrogen-bond donors (Lipinski definition) is 3. The Morgan fingerprint density at radius 3 is 2.65 bits per heavy atom. The Hall–Kier alpha value is 0.370. The van der Waals surface area contributed by atoms with Crippen LogP contribution in [0, 0.1) is 0 Å². The minimum absolute atomic E-state index is 0.202. The van der Waals surface area contributed by atoms with Gasteiger partial charge in [0, 0.05) is 6.54 Å². The third-order valence-electron chi connectivity index (χ3n) is 2.36. The first kappa shape index (κ1) is 15.4. The molecular formula is C9H21ClFN5S. The first-order valence-corrected chi connectivity index (χ1v) is 7.16. The van der Waals surface area contributed by atoms with Gasteiger partial charge >= 0.3 is 0 Å². The minimum atomic E-state index is -0.359. The van der Waals surface area contributed by atoms with Crippen LogP contribution in [-0.4, -0.2) is 47.2 Å². The molecule has 0 saturated carbocycles. The SMILES string of the molecule is NCCCNCCCCNN1CN(F)SC1Cl. The van der Waals surface area contributed by atoms with Gasteiger partial charge in [0.15, 0.2) is 4.83 Å². The van der Waals surface area contributed by atoms with Crippen molar-refractivity contribution in [3.8, 4) is 0 Å². The van der Waals surface area contributed by atoms with E-state index in [1.807, 2.05) is 0 Å². The monoisotopic (exact) mass is 285 g/mol. The highest BCUT2D eigenvalue weighted by atomic mass is 35.5. The Labute approximate surface area is 111 Å². The van der Waals surface area contributed by atoms with Crippen LogP contribution in [0.1, 0.15) is 19.3 Å². The van der Waals surface area contributed by atoms with Crippen LogP contribution in [0.25, 0.3) is 0 Å². The number of nitrogens with two attached hydrogens (primary N) is 1. The van der Waals surface area contributed by atoms with Crippen molar-refractivity contribution in [3.05, 3.63) is 0 Å². The van der Waals surface area contributed by atoms with Crippen molar-refractivity contribution in [1.82, 2.24) is 20.3 Å². The molecule has 0 amide bonds. The highest BCUT2D eigenvalue weighted by Gasteiger charge is 2.29. The molecule has 8 heteroatoms. The van der Waals surface area contributed by atoms with Crippen molar-refractivity contribution in [1.29, 1.82) is 0 Å². The van der Waals surface area contributed by atoms with E-state index in [-0.39, 0.29) is 11.5 Å². The number of nitrogens with one attached hydrogen (secondary N) is 2. The summed E-state index contributed by atoms with van der Waals surface area (Å²) in [6.45, 7) is 3.73. The zero-order valence-corrected chi connectivity index (χ0v) is 11.4. The molecule has 1 fully saturated rings. The predicted molar refractivity (Wildman–Crippen MR) is 70.7 cm³/mol. The zero-order valence-electron chi connectivity index (χ0n) is 9.87. The molecule has 1 aliphatic heterocycles. The lowest BCUT2D eigenvalue weighted by Crippen LogP contribution is -2.40. The van der Waals surface area contributed by atoms with E-state index in [0.29, 0.717) is 4.53 Å². The quantitative estimate of drug-likeness (QED) is 0.192. The predicted octanol–water partition coefficient (Wildman–Crippen LogP) is 0.840. The van der Waals surface area contributed by atoms with Crippen molar-refractivity contribution >= 4 is 23.5 Å². The Morgan fingerprint density at radius 1 is 1.29 bits per heavy atom. The molecule has 17 heavy (non-hydrogen) atoms. The van der Waals surface area contributed by atoms with E-state index in [2.05, 4.69) is 10.7 Å². The molecule has 0 aromatic rings. The summed E-state index contributed by atoms with van der Waals surface area (Å²) in [4.78, 5) is -0.359. The average Bonchev–Trinajstić information content (AvgIpc) is 2.61. The van der Waals surface area contributed by atoms with Crippen molar-refractivity contribution in [2.45, 2.75) is 24.1 Å². The first-order chi connectivity index (χ1) is 8.24. The van der Waals surface area contributed by atoms with Gasteiger partial charge in [0.05, 0.1) is 0 Å². The van der Waals surface area contributed by atoms with Crippen LogP contribution >= 0.6 is 23.5 Å². The number of nitrogens with zero attached hydrogens (tertiary/aromatic N) is 2. The van der Waals surface area contributed by atoms with E-state index in [4.69, 9.17) is 17.3 Å². The van der Waals surface area contributed by atoms with Gasteiger partial charge in [0.2, 0.25) is 0 Å². The molecule has 1 unspecified atom stereocenters. The Balaban J connectivity index is 1.87. The first-order valence-electron chi connectivity index (χ1n) is 5.89. The fraction of sp³-hybridized carbons (Fsp3) is 1.00. The number of unbranched alkanes of at least 4 members (excludes halogenated alkanes) is 1. The van der Waals surface area contributed by atoms with E-state index in [1.54, 1.807) is 5.01 Å². The second kappa shape index (κ2) is 9.32. The summed E-state index contributed by atoms with van der Waals surface area (Å²) in [6, 6.07) is 0. The molecule has 4 N–H and O–H groups in total. The van der Waals surface area contributed by atoms with E-state index in [9.17, 15) is 4.48 Å². The summed E-state index contributed by atoms with van der Waals surface area (Å²) >= 11 is 6.87. The van der Waals surface area contributed by atoms with Crippen LogP contribution in [0.3, 0.4) is 0 Å². The molecule has 1 rings (SSSR count). The van der Waals surface area contributed by atoms with Crippen LogP contribution in [-0.2, 0) is 0 Å². The summed E-state index contributed by atoms with van der Waals surface area (Å²) in [5.41, 5.74) is 8.50. The average molecular weight is 286 g/mol. The molecule has 1 aliphatic rings. The van der Waals surface area contributed by atoms with Crippen LogP contribution in [0.5, 0.6) is 0 Å². The minimum Gasteiger partial charge on any atom is -0.330 e. The lowest BCUT2D eigenvalue weighted by molar-refractivity contribution is 0.0752. The van der Waals surface area contributed by atoms with Gasteiger partial charge in [-0.05, 0) is 50.8 Å². The van der Waals surface area contributed by atoms with Gasteiger partial charge in [-0.25, -0.2) is 0 Å². The smallest absolute Gasteiger partial charge is 0.162 e. The maximum Gasteiger partial charge on any atom is 0.162 e. The Morgan fingerprint density at radius 2 is 2.00 bits per heavy atom. The van der Waals surface area contributed by atoms with Gasteiger partial charge in [0.25, 0.3) is 0 Å². The van der Waals surface area contributed by atoms with Crippen molar-refractivity contribution in [2.75, 3.05) is 32.8 Å². The molecule has 102 valence electrons. The maximum absolute atomic E-state index is 12.8. The van der Waals surface area contributed by atoms with Crippen molar-refractivity contribution in [2.24, 2.45) is 5.73 Å². The van der Waals surface area contributed by atoms with Crippen molar-refractivity contribution < 1.29 is 4.48 Å². The lowest BCUT2D eigenvalue weighted by atomic mass is 10.3. The van der Waals surface area contributed by atoms with Crippen LogP contribution in [0.4, 0.5) is 4.48 Å². The molecular weight excluding hydrogens is 265 g/mol. The number of rotatable bonds is 9. The maximum atomic E-state index is 12.8. The standard InChI is InChI=1S/C9H21ClFN5S/c10-9-15(8-16(11)17-9)14-7-2-1-5-13-6-3-4-12/h9,13-14H,1-8,12H2. The second-order valence-corrected chi connectivity index (χ2v) is 5.56. The van der Waals surface area contributed by atoms with Gasteiger partial charge in [-0.2, -0.15) is 5.01 Å². The highest BCUT2D eigenvalue weighted by Crippen LogP contribution is 2.30. The molecule has 0 aromatic carbocycles. The zero-order chi connectivity index (χ0) is 12.5. The summed E-state index contributed by atoms with van der Waals surface area (Å²) in [7, 11) is 0. The molecule has 0 aliphatic carbocycles. The van der Waals surface area contributed by atoms with Gasteiger partial charge in [-0.1, -0.05) is 16.1 Å².